The minimum atomic E-state index is -0.245. The maximum atomic E-state index is 12.5. The zero-order valence-electron chi connectivity index (χ0n) is 17.3. The molecule has 0 saturated heterocycles. The summed E-state index contributed by atoms with van der Waals surface area (Å²) in [6, 6.07) is 8.28. The number of aryl methyl sites for hydroxylation is 2. The molecule has 0 atom stereocenters. The molecule has 0 saturated carbocycles. The largest absolute Gasteiger partial charge is 0.368 e. The van der Waals surface area contributed by atoms with Crippen LogP contribution in [0.2, 0.25) is 5.28 Å². The number of carbonyl (C=O) groups is 1. The summed E-state index contributed by atoms with van der Waals surface area (Å²) in [6.45, 7) is 5.99. The smallest absolute Gasteiger partial charge is 0.271 e. The van der Waals surface area contributed by atoms with E-state index < -0.39 is 0 Å². The van der Waals surface area contributed by atoms with Gasteiger partial charge in [-0.05, 0) is 47.4 Å². The number of amides is 1. The summed E-state index contributed by atoms with van der Waals surface area (Å²) in [5, 5.41) is 18.2. The van der Waals surface area contributed by atoms with Crippen molar-refractivity contribution in [1.82, 2.24) is 35.5 Å². The summed E-state index contributed by atoms with van der Waals surface area (Å²) in [5.74, 6) is 1.03. The Labute approximate surface area is 180 Å². The second kappa shape index (κ2) is 10.7. The van der Waals surface area contributed by atoms with Crippen LogP contribution < -0.4 is 10.6 Å². The lowest BCUT2D eigenvalue weighted by atomic mass is 10.1. The van der Waals surface area contributed by atoms with Crippen molar-refractivity contribution in [3.63, 3.8) is 0 Å². The lowest BCUT2D eigenvalue weighted by molar-refractivity contribution is 0.0949. The molecule has 3 rings (SSSR count). The Hall–Kier alpha value is -2.94. The maximum Gasteiger partial charge on any atom is 0.271 e. The summed E-state index contributed by atoms with van der Waals surface area (Å²) in [6.07, 6.45) is 3.40. The van der Waals surface area contributed by atoms with Crippen molar-refractivity contribution in [3.8, 4) is 0 Å². The van der Waals surface area contributed by atoms with E-state index in [2.05, 4.69) is 68.2 Å². The number of unbranched alkanes of at least 4 members (excludes halogenated alkanes) is 1. The number of nitrogens with zero attached hydrogens (tertiary/aromatic N) is 5. The molecule has 3 N–H and O–H groups in total. The van der Waals surface area contributed by atoms with Gasteiger partial charge >= 0.3 is 0 Å². The average molecular weight is 431 g/mol. The van der Waals surface area contributed by atoms with Crippen molar-refractivity contribution in [2.45, 2.75) is 46.1 Å². The van der Waals surface area contributed by atoms with Crippen LogP contribution in [0.25, 0.3) is 0 Å². The molecular weight excluding hydrogens is 404 g/mol. The van der Waals surface area contributed by atoms with E-state index in [0.717, 1.165) is 25.2 Å². The fraction of sp³-hybridized carbons (Fsp3) is 0.450. The predicted molar refractivity (Wildman–Crippen MR) is 116 cm³/mol. The Bertz CT molecular complexity index is 967. The highest BCUT2D eigenvalue weighted by molar-refractivity contribution is 6.28. The number of hydrogen-bond donors (Lipinski definition) is 3. The molecular formula is C20H27ClN8O. The Balaban J connectivity index is 1.49. The monoisotopic (exact) mass is 430 g/mol. The normalized spacial score (nSPS) is 10.9. The van der Waals surface area contributed by atoms with Gasteiger partial charge in [0.25, 0.3) is 5.91 Å². The summed E-state index contributed by atoms with van der Waals surface area (Å²) < 4.78 is 1.78. The zero-order valence-corrected chi connectivity index (χ0v) is 18.0. The zero-order chi connectivity index (χ0) is 21.3. The number of benzene rings is 1. The molecule has 0 radical (unpaired) electrons. The molecule has 2 heterocycles. The number of nitrogens with one attached hydrogen (secondary N) is 3. The molecule has 160 valence electrons. The van der Waals surface area contributed by atoms with E-state index in [1.54, 1.807) is 4.68 Å². The molecule has 0 aliphatic carbocycles. The van der Waals surface area contributed by atoms with Crippen molar-refractivity contribution in [1.29, 1.82) is 0 Å². The van der Waals surface area contributed by atoms with Gasteiger partial charge in [-0.2, -0.15) is 0 Å². The molecule has 0 spiro atoms. The molecule has 9 nitrogen and oxygen atoms in total. The number of imidazole rings is 1. The van der Waals surface area contributed by atoms with Crippen molar-refractivity contribution < 1.29 is 4.79 Å². The van der Waals surface area contributed by atoms with Gasteiger partial charge in [-0.1, -0.05) is 43.2 Å². The third-order valence-electron chi connectivity index (χ3n) is 4.61. The minimum Gasteiger partial charge on any atom is -0.368 e. The van der Waals surface area contributed by atoms with Crippen LogP contribution in [0.15, 0.2) is 24.3 Å². The number of aromatic amines is 1. The quantitative estimate of drug-likeness (QED) is 0.403. The SMILES string of the molecule is CCCCNc1nc(Cl)[nH]c1C(=O)NCCCn1nnnc1Cc1cccc(C)c1. The molecule has 0 aliphatic heterocycles. The highest BCUT2D eigenvalue weighted by Gasteiger charge is 2.16. The minimum absolute atomic E-state index is 0.189. The molecule has 0 unspecified atom stereocenters. The first-order valence-corrected chi connectivity index (χ1v) is 10.5. The molecule has 30 heavy (non-hydrogen) atoms. The number of tetrazole rings is 1. The number of H-pyrrole nitrogens is 1. The number of hydrogen-bond acceptors (Lipinski definition) is 6. The second-order valence-electron chi connectivity index (χ2n) is 7.13. The Morgan fingerprint density at radius 1 is 1.27 bits per heavy atom. The Morgan fingerprint density at radius 3 is 2.93 bits per heavy atom. The van der Waals surface area contributed by atoms with Crippen LogP contribution in [0, 0.1) is 6.92 Å². The molecule has 1 aromatic carbocycles. The molecule has 1 amide bonds. The third-order valence-corrected chi connectivity index (χ3v) is 4.79. The van der Waals surface area contributed by atoms with Crippen molar-refractivity contribution in [2.24, 2.45) is 0 Å². The topological polar surface area (TPSA) is 113 Å². The van der Waals surface area contributed by atoms with Gasteiger partial charge in [-0.15, -0.1) is 5.10 Å². The highest BCUT2D eigenvalue weighted by Crippen LogP contribution is 2.16. The first kappa shape index (κ1) is 21.8. The van der Waals surface area contributed by atoms with E-state index in [0.29, 0.717) is 37.4 Å². The number of halogens is 1. The van der Waals surface area contributed by atoms with Crippen LogP contribution in [0.3, 0.4) is 0 Å². The van der Waals surface area contributed by atoms with E-state index >= 15 is 0 Å². The molecule has 3 aromatic rings. The van der Waals surface area contributed by atoms with Crippen LogP contribution in [0.4, 0.5) is 5.82 Å². The maximum absolute atomic E-state index is 12.5. The molecule has 10 heteroatoms. The van der Waals surface area contributed by atoms with Crippen molar-refractivity contribution in [2.75, 3.05) is 18.4 Å². The Morgan fingerprint density at radius 2 is 2.13 bits per heavy atom. The van der Waals surface area contributed by atoms with Crippen LogP contribution in [0.5, 0.6) is 0 Å². The summed E-state index contributed by atoms with van der Waals surface area (Å²) >= 11 is 5.93. The number of anilines is 1. The molecule has 2 aromatic heterocycles. The molecule has 0 fully saturated rings. The number of rotatable bonds is 11. The van der Waals surface area contributed by atoms with Crippen LogP contribution >= 0.6 is 11.6 Å². The first-order chi connectivity index (χ1) is 14.6. The van der Waals surface area contributed by atoms with E-state index in [-0.39, 0.29) is 11.2 Å². The lowest BCUT2D eigenvalue weighted by Crippen LogP contribution is -2.27. The van der Waals surface area contributed by atoms with Crippen LogP contribution in [0.1, 0.15) is 53.6 Å². The fourth-order valence-corrected chi connectivity index (χ4v) is 3.25. The average Bonchev–Trinajstić information content (AvgIpc) is 3.31. The van der Waals surface area contributed by atoms with Gasteiger partial charge in [0.05, 0.1) is 0 Å². The summed E-state index contributed by atoms with van der Waals surface area (Å²) in [7, 11) is 0. The van der Waals surface area contributed by atoms with Gasteiger partial charge in [-0.25, -0.2) is 9.67 Å². The summed E-state index contributed by atoms with van der Waals surface area (Å²) in [4.78, 5) is 19.4. The number of carbonyl (C=O) groups excluding carboxylic acids is 1. The first-order valence-electron chi connectivity index (χ1n) is 10.1. The van der Waals surface area contributed by atoms with Crippen LogP contribution in [-0.2, 0) is 13.0 Å². The Kier molecular flexibility index (Phi) is 7.78. The van der Waals surface area contributed by atoms with Gasteiger partial charge in [-0.3, -0.25) is 4.79 Å². The van der Waals surface area contributed by atoms with Gasteiger partial charge < -0.3 is 15.6 Å². The van der Waals surface area contributed by atoms with Gasteiger partial charge in [0.2, 0.25) is 5.28 Å². The van der Waals surface area contributed by atoms with E-state index in [9.17, 15) is 4.79 Å². The van der Waals surface area contributed by atoms with E-state index in [1.807, 2.05) is 6.07 Å². The van der Waals surface area contributed by atoms with Gasteiger partial charge in [0, 0.05) is 26.1 Å². The molecule has 0 aliphatic rings. The van der Waals surface area contributed by atoms with E-state index in [4.69, 9.17) is 11.6 Å². The number of aromatic nitrogens is 6. The van der Waals surface area contributed by atoms with Gasteiger partial charge in [0.1, 0.15) is 5.69 Å². The third kappa shape index (κ3) is 6.03. The predicted octanol–water partition coefficient (Wildman–Crippen LogP) is 2.98. The standard InChI is InChI=1S/C20H27ClN8O/c1-3-4-9-22-18-17(24-20(21)25-18)19(30)23-10-6-11-29-16(26-27-28-29)13-15-8-5-7-14(2)12-15/h5,7-8,12,22H,3-4,6,9-11,13H2,1-2H3,(H,23,30)(H,24,25). The van der Waals surface area contributed by atoms with E-state index in [1.165, 1.54) is 11.1 Å². The van der Waals surface area contributed by atoms with Crippen LogP contribution in [-0.4, -0.2) is 49.2 Å². The van der Waals surface area contributed by atoms with Crippen molar-refractivity contribution >= 4 is 23.3 Å². The van der Waals surface area contributed by atoms with Gasteiger partial charge in [0.15, 0.2) is 11.6 Å². The second-order valence-corrected chi connectivity index (χ2v) is 7.48. The highest BCUT2D eigenvalue weighted by atomic mass is 35.5. The summed E-state index contributed by atoms with van der Waals surface area (Å²) in [5.41, 5.74) is 2.72. The fourth-order valence-electron chi connectivity index (χ4n) is 3.07. The lowest BCUT2D eigenvalue weighted by Gasteiger charge is -2.08. The van der Waals surface area contributed by atoms with Crippen molar-refractivity contribution in [3.05, 3.63) is 52.2 Å². The molecule has 0 bridgehead atoms.